The Hall–Kier alpha value is -1.35. The molecule has 19 heavy (non-hydrogen) atoms. The molecular formula is C16H23NO2. The average molecular weight is 261 g/mol. The van der Waals surface area contributed by atoms with Gasteiger partial charge in [-0.3, -0.25) is 4.79 Å². The number of carbonyl (C=O) groups is 1. The van der Waals surface area contributed by atoms with Crippen molar-refractivity contribution in [3.05, 3.63) is 35.9 Å². The largest absolute Gasteiger partial charge is 0.377 e. The smallest absolute Gasteiger partial charge is 0.220 e. The van der Waals surface area contributed by atoms with Gasteiger partial charge in [0, 0.05) is 19.1 Å². The Kier molecular flexibility index (Phi) is 5.40. The molecule has 1 aromatic rings. The fraction of sp³-hybridized carbons (Fsp3) is 0.562. The number of nitrogens with one attached hydrogen (secondary N) is 1. The minimum atomic E-state index is 0.202. The summed E-state index contributed by atoms with van der Waals surface area (Å²) in [5, 5.41) is 3.08. The normalized spacial score (nSPS) is 23.1. The summed E-state index contributed by atoms with van der Waals surface area (Å²) in [5.74, 6) is 0.792. The Balaban J connectivity index is 1.60. The van der Waals surface area contributed by atoms with E-state index in [4.69, 9.17) is 4.74 Å². The number of carbonyl (C=O) groups excluding carboxylic acids is 1. The van der Waals surface area contributed by atoms with Gasteiger partial charge in [-0.2, -0.15) is 0 Å². The summed E-state index contributed by atoms with van der Waals surface area (Å²) in [5.41, 5.74) is 1.21. The number of hydrogen-bond donors (Lipinski definition) is 1. The maximum atomic E-state index is 11.4. The molecule has 1 saturated heterocycles. The lowest BCUT2D eigenvalue weighted by atomic mass is 9.89. The second kappa shape index (κ2) is 7.29. The van der Waals surface area contributed by atoms with E-state index in [1.165, 1.54) is 5.56 Å². The number of ether oxygens (including phenoxy) is 1. The van der Waals surface area contributed by atoms with Gasteiger partial charge in [0.25, 0.3) is 0 Å². The predicted octanol–water partition coefficient (Wildman–Crippen LogP) is 2.90. The van der Waals surface area contributed by atoms with Gasteiger partial charge in [0.2, 0.25) is 5.91 Å². The van der Waals surface area contributed by atoms with Crippen molar-refractivity contribution < 1.29 is 9.53 Å². The van der Waals surface area contributed by atoms with Crippen LogP contribution in [0.5, 0.6) is 0 Å². The SMILES string of the molecule is C[C@@H]1CCC(=O)N[C@H]1CCCOCc1ccccc1. The molecular weight excluding hydrogens is 238 g/mol. The molecule has 104 valence electrons. The first-order valence-corrected chi connectivity index (χ1v) is 7.17. The molecule has 2 rings (SSSR count). The minimum Gasteiger partial charge on any atom is -0.377 e. The lowest BCUT2D eigenvalue weighted by Gasteiger charge is -2.29. The van der Waals surface area contributed by atoms with Crippen molar-refractivity contribution in [3.63, 3.8) is 0 Å². The molecule has 1 aliphatic rings. The maximum absolute atomic E-state index is 11.4. The first-order valence-electron chi connectivity index (χ1n) is 7.17. The number of amides is 1. The predicted molar refractivity (Wildman–Crippen MR) is 75.7 cm³/mol. The van der Waals surface area contributed by atoms with Gasteiger partial charge in [0.1, 0.15) is 0 Å². The van der Waals surface area contributed by atoms with Crippen molar-refractivity contribution in [1.29, 1.82) is 0 Å². The summed E-state index contributed by atoms with van der Waals surface area (Å²) in [6.45, 7) is 3.65. The molecule has 0 unspecified atom stereocenters. The summed E-state index contributed by atoms with van der Waals surface area (Å²) >= 11 is 0. The van der Waals surface area contributed by atoms with Gasteiger partial charge in [0.15, 0.2) is 0 Å². The standard InChI is InChI=1S/C16H23NO2/c1-13-9-10-16(18)17-15(13)8-5-11-19-12-14-6-3-2-4-7-14/h2-4,6-7,13,15H,5,8-12H2,1H3,(H,17,18)/t13-,15+/m1/s1. The van der Waals surface area contributed by atoms with Gasteiger partial charge < -0.3 is 10.1 Å². The molecule has 0 saturated carbocycles. The summed E-state index contributed by atoms with van der Waals surface area (Å²) in [4.78, 5) is 11.4. The Morgan fingerprint density at radius 2 is 2.11 bits per heavy atom. The number of piperidine rings is 1. The topological polar surface area (TPSA) is 38.3 Å². The fourth-order valence-electron chi connectivity index (χ4n) is 2.51. The molecule has 3 nitrogen and oxygen atoms in total. The van der Waals surface area contributed by atoms with Gasteiger partial charge in [-0.15, -0.1) is 0 Å². The monoisotopic (exact) mass is 261 g/mol. The molecule has 0 aromatic heterocycles. The third-order valence-electron chi connectivity index (χ3n) is 3.78. The first kappa shape index (κ1) is 14.1. The number of hydrogen-bond acceptors (Lipinski definition) is 2. The third-order valence-corrected chi connectivity index (χ3v) is 3.78. The highest BCUT2D eigenvalue weighted by Gasteiger charge is 2.24. The zero-order valence-electron chi connectivity index (χ0n) is 11.6. The number of benzene rings is 1. The van der Waals surface area contributed by atoms with Gasteiger partial charge in [0.05, 0.1) is 6.61 Å². The molecule has 0 aliphatic carbocycles. The van der Waals surface area contributed by atoms with E-state index in [-0.39, 0.29) is 5.91 Å². The fourth-order valence-corrected chi connectivity index (χ4v) is 2.51. The van der Waals surface area contributed by atoms with E-state index in [1.54, 1.807) is 0 Å². The molecule has 1 aliphatic heterocycles. The van der Waals surface area contributed by atoms with Crippen molar-refractivity contribution in [2.45, 2.75) is 45.3 Å². The zero-order valence-corrected chi connectivity index (χ0v) is 11.6. The van der Waals surface area contributed by atoms with Crippen LogP contribution in [-0.4, -0.2) is 18.6 Å². The summed E-state index contributed by atoms with van der Waals surface area (Å²) in [7, 11) is 0. The van der Waals surface area contributed by atoms with Gasteiger partial charge in [-0.25, -0.2) is 0 Å². The molecule has 3 heteroatoms. The Morgan fingerprint density at radius 3 is 2.89 bits per heavy atom. The highest BCUT2D eigenvalue weighted by Crippen LogP contribution is 2.19. The van der Waals surface area contributed by atoms with Gasteiger partial charge in [-0.05, 0) is 30.7 Å². The summed E-state index contributed by atoms with van der Waals surface area (Å²) < 4.78 is 5.66. The van der Waals surface area contributed by atoms with Crippen LogP contribution in [0.1, 0.15) is 38.2 Å². The Bertz CT molecular complexity index is 391. The van der Waals surface area contributed by atoms with Crippen molar-refractivity contribution in [1.82, 2.24) is 5.32 Å². The van der Waals surface area contributed by atoms with E-state index in [9.17, 15) is 4.79 Å². The average Bonchev–Trinajstić information content (AvgIpc) is 2.43. The molecule has 2 atom stereocenters. The van der Waals surface area contributed by atoms with Crippen LogP contribution in [-0.2, 0) is 16.1 Å². The second-order valence-corrected chi connectivity index (χ2v) is 5.37. The van der Waals surface area contributed by atoms with Crippen LogP contribution < -0.4 is 5.32 Å². The van der Waals surface area contributed by atoms with Crippen LogP contribution in [0.2, 0.25) is 0 Å². The zero-order chi connectivity index (χ0) is 13.5. The molecule has 1 N–H and O–H groups in total. The van der Waals surface area contributed by atoms with Crippen molar-refractivity contribution in [2.24, 2.45) is 5.92 Å². The number of rotatable bonds is 6. The molecule has 0 bridgehead atoms. The van der Waals surface area contributed by atoms with E-state index in [1.807, 2.05) is 18.2 Å². The van der Waals surface area contributed by atoms with E-state index >= 15 is 0 Å². The van der Waals surface area contributed by atoms with Gasteiger partial charge in [-0.1, -0.05) is 37.3 Å². The minimum absolute atomic E-state index is 0.202. The molecule has 1 aromatic carbocycles. The highest BCUT2D eigenvalue weighted by atomic mass is 16.5. The molecule has 0 spiro atoms. The Morgan fingerprint density at radius 1 is 1.32 bits per heavy atom. The van der Waals surface area contributed by atoms with E-state index < -0.39 is 0 Å². The first-order chi connectivity index (χ1) is 9.25. The lowest BCUT2D eigenvalue weighted by Crippen LogP contribution is -2.43. The molecule has 0 radical (unpaired) electrons. The van der Waals surface area contributed by atoms with Crippen molar-refractivity contribution >= 4 is 5.91 Å². The molecule has 1 heterocycles. The van der Waals surface area contributed by atoms with Crippen LogP contribution in [0.25, 0.3) is 0 Å². The van der Waals surface area contributed by atoms with Crippen LogP contribution >= 0.6 is 0 Å². The van der Waals surface area contributed by atoms with E-state index in [0.29, 0.717) is 25.0 Å². The van der Waals surface area contributed by atoms with Gasteiger partial charge >= 0.3 is 0 Å². The summed E-state index contributed by atoms with van der Waals surface area (Å²) in [6, 6.07) is 10.5. The van der Waals surface area contributed by atoms with Crippen LogP contribution in [0, 0.1) is 5.92 Å². The quantitative estimate of drug-likeness (QED) is 0.800. The van der Waals surface area contributed by atoms with E-state index in [0.717, 1.165) is 25.9 Å². The van der Waals surface area contributed by atoms with Crippen molar-refractivity contribution in [3.8, 4) is 0 Å². The van der Waals surface area contributed by atoms with E-state index in [2.05, 4.69) is 24.4 Å². The van der Waals surface area contributed by atoms with Crippen LogP contribution in [0.4, 0.5) is 0 Å². The Labute approximate surface area is 115 Å². The van der Waals surface area contributed by atoms with Crippen LogP contribution in [0.3, 0.4) is 0 Å². The second-order valence-electron chi connectivity index (χ2n) is 5.37. The van der Waals surface area contributed by atoms with Crippen LogP contribution in [0.15, 0.2) is 30.3 Å². The third kappa shape index (κ3) is 4.67. The summed E-state index contributed by atoms with van der Waals surface area (Å²) in [6.07, 6.45) is 3.72. The lowest BCUT2D eigenvalue weighted by molar-refractivity contribution is -0.124. The molecule has 1 amide bonds. The highest BCUT2D eigenvalue weighted by molar-refractivity contribution is 5.77. The maximum Gasteiger partial charge on any atom is 0.220 e. The van der Waals surface area contributed by atoms with Crippen molar-refractivity contribution in [2.75, 3.05) is 6.61 Å². The molecule has 1 fully saturated rings.